The van der Waals surface area contributed by atoms with Crippen LogP contribution >= 0.6 is 0 Å². The summed E-state index contributed by atoms with van der Waals surface area (Å²) in [4.78, 5) is 3.76. The molecule has 0 bridgehead atoms. The SMILES string of the molecule is O=S(=O)(c1ccccc1F)N1CCNCC1c1cccnc1. The molecule has 0 saturated carbocycles. The molecule has 1 fully saturated rings. The van der Waals surface area contributed by atoms with Gasteiger partial charge in [0.2, 0.25) is 10.0 Å². The van der Waals surface area contributed by atoms with E-state index in [-0.39, 0.29) is 11.4 Å². The maximum Gasteiger partial charge on any atom is 0.246 e. The fourth-order valence-corrected chi connectivity index (χ4v) is 4.29. The van der Waals surface area contributed by atoms with Crippen molar-refractivity contribution in [3.05, 3.63) is 60.2 Å². The molecule has 0 spiro atoms. The van der Waals surface area contributed by atoms with Gasteiger partial charge < -0.3 is 5.32 Å². The normalized spacial score (nSPS) is 20.0. The zero-order valence-electron chi connectivity index (χ0n) is 11.8. The summed E-state index contributed by atoms with van der Waals surface area (Å²) in [5.74, 6) is -0.731. The Labute approximate surface area is 128 Å². The molecule has 1 aromatic heterocycles. The molecule has 0 amide bonds. The molecule has 1 saturated heterocycles. The predicted molar refractivity (Wildman–Crippen MR) is 80.1 cm³/mol. The standard InChI is InChI=1S/C15H16FN3O2S/c16-13-5-1-2-6-15(13)22(20,21)19-9-8-18-11-14(19)12-4-3-7-17-10-12/h1-7,10,14,18H,8-9,11H2. The van der Waals surface area contributed by atoms with Gasteiger partial charge in [-0.3, -0.25) is 4.98 Å². The maximum absolute atomic E-state index is 13.9. The van der Waals surface area contributed by atoms with Crippen molar-refractivity contribution in [2.45, 2.75) is 10.9 Å². The first-order valence-corrected chi connectivity index (χ1v) is 8.42. The summed E-state index contributed by atoms with van der Waals surface area (Å²) in [5.41, 5.74) is 0.787. The van der Waals surface area contributed by atoms with Crippen LogP contribution in [0.15, 0.2) is 53.7 Å². The fourth-order valence-electron chi connectivity index (χ4n) is 2.61. The lowest BCUT2D eigenvalue weighted by Crippen LogP contribution is -2.48. The molecule has 1 aliphatic rings. The average molecular weight is 321 g/mol. The Balaban J connectivity index is 2.02. The lowest BCUT2D eigenvalue weighted by Gasteiger charge is -2.35. The van der Waals surface area contributed by atoms with Crippen LogP contribution in [-0.4, -0.2) is 37.3 Å². The van der Waals surface area contributed by atoms with Crippen molar-refractivity contribution < 1.29 is 12.8 Å². The first-order chi connectivity index (χ1) is 10.6. The number of benzene rings is 1. The molecular weight excluding hydrogens is 305 g/mol. The van der Waals surface area contributed by atoms with Gasteiger partial charge in [-0.25, -0.2) is 12.8 Å². The number of halogens is 1. The molecule has 3 rings (SSSR count). The summed E-state index contributed by atoms with van der Waals surface area (Å²) in [7, 11) is -3.90. The molecule has 1 N–H and O–H groups in total. The van der Waals surface area contributed by atoms with Crippen LogP contribution in [0, 0.1) is 5.82 Å². The Hall–Kier alpha value is -1.83. The molecule has 7 heteroatoms. The summed E-state index contributed by atoms with van der Waals surface area (Å²) >= 11 is 0. The molecule has 2 heterocycles. The minimum absolute atomic E-state index is 0.286. The lowest BCUT2D eigenvalue weighted by molar-refractivity contribution is 0.270. The Morgan fingerprint density at radius 3 is 2.77 bits per heavy atom. The van der Waals surface area contributed by atoms with E-state index in [0.29, 0.717) is 13.1 Å². The smallest absolute Gasteiger partial charge is 0.246 e. The molecule has 116 valence electrons. The zero-order valence-corrected chi connectivity index (χ0v) is 12.6. The van der Waals surface area contributed by atoms with E-state index in [0.717, 1.165) is 11.6 Å². The number of hydrogen-bond donors (Lipinski definition) is 1. The molecule has 1 atom stereocenters. The van der Waals surface area contributed by atoms with Crippen molar-refractivity contribution in [3.8, 4) is 0 Å². The highest BCUT2D eigenvalue weighted by atomic mass is 32.2. The molecule has 0 aliphatic carbocycles. The molecule has 22 heavy (non-hydrogen) atoms. The summed E-state index contributed by atoms with van der Waals surface area (Å²) in [5, 5.41) is 3.17. The van der Waals surface area contributed by atoms with E-state index in [2.05, 4.69) is 10.3 Å². The molecule has 2 aromatic rings. The van der Waals surface area contributed by atoms with E-state index in [9.17, 15) is 12.8 Å². The van der Waals surface area contributed by atoms with Crippen LogP contribution in [0.1, 0.15) is 11.6 Å². The minimum atomic E-state index is -3.90. The summed E-state index contributed by atoms with van der Waals surface area (Å²) in [6.07, 6.45) is 3.27. The highest BCUT2D eigenvalue weighted by Gasteiger charge is 2.35. The van der Waals surface area contributed by atoms with Crippen molar-refractivity contribution in [1.29, 1.82) is 0 Å². The Morgan fingerprint density at radius 1 is 1.23 bits per heavy atom. The first kappa shape index (κ1) is 15.1. The van der Waals surface area contributed by atoms with Crippen LogP contribution in [-0.2, 0) is 10.0 Å². The van der Waals surface area contributed by atoms with Crippen molar-refractivity contribution in [2.75, 3.05) is 19.6 Å². The van der Waals surface area contributed by atoms with E-state index < -0.39 is 21.9 Å². The summed E-state index contributed by atoms with van der Waals surface area (Å²) in [6, 6.07) is 8.65. The van der Waals surface area contributed by atoms with Crippen LogP contribution in [0.5, 0.6) is 0 Å². The Kier molecular flexibility index (Phi) is 4.19. The van der Waals surface area contributed by atoms with Gasteiger partial charge in [0.25, 0.3) is 0 Å². The van der Waals surface area contributed by atoms with Crippen molar-refractivity contribution in [2.24, 2.45) is 0 Å². The van der Waals surface area contributed by atoms with E-state index in [1.807, 2.05) is 6.07 Å². The van der Waals surface area contributed by atoms with Crippen LogP contribution in [0.3, 0.4) is 0 Å². The van der Waals surface area contributed by atoms with Crippen molar-refractivity contribution >= 4 is 10.0 Å². The van der Waals surface area contributed by atoms with Gasteiger partial charge in [-0.1, -0.05) is 18.2 Å². The van der Waals surface area contributed by atoms with Gasteiger partial charge in [0.15, 0.2) is 0 Å². The maximum atomic E-state index is 13.9. The number of nitrogens with one attached hydrogen (secondary N) is 1. The molecule has 1 aliphatic heterocycles. The van der Waals surface area contributed by atoms with Crippen LogP contribution in [0.4, 0.5) is 4.39 Å². The van der Waals surface area contributed by atoms with Gasteiger partial charge >= 0.3 is 0 Å². The quantitative estimate of drug-likeness (QED) is 0.932. The molecule has 5 nitrogen and oxygen atoms in total. The van der Waals surface area contributed by atoms with Crippen LogP contribution < -0.4 is 5.32 Å². The monoisotopic (exact) mass is 321 g/mol. The highest BCUT2D eigenvalue weighted by Crippen LogP contribution is 2.29. The number of sulfonamides is 1. The largest absolute Gasteiger partial charge is 0.313 e. The zero-order chi connectivity index (χ0) is 15.6. The molecule has 1 unspecified atom stereocenters. The molecular formula is C15H16FN3O2S. The van der Waals surface area contributed by atoms with Crippen LogP contribution in [0.25, 0.3) is 0 Å². The third-order valence-corrected chi connectivity index (χ3v) is 5.63. The highest BCUT2D eigenvalue weighted by molar-refractivity contribution is 7.89. The molecule has 0 radical (unpaired) electrons. The Bertz CT molecular complexity index is 752. The third-order valence-electron chi connectivity index (χ3n) is 3.69. The number of hydrogen-bond acceptors (Lipinski definition) is 4. The lowest BCUT2D eigenvalue weighted by atomic mass is 10.1. The number of aromatic nitrogens is 1. The topological polar surface area (TPSA) is 62.3 Å². The van der Waals surface area contributed by atoms with Crippen molar-refractivity contribution in [3.63, 3.8) is 0 Å². The van der Waals surface area contributed by atoms with Gasteiger partial charge in [-0.2, -0.15) is 4.31 Å². The van der Waals surface area contributed by atoms with Crippen molar-refractivity contribution in [1.82, 2.24) is 14.6 Å². The summed E-state index contributed by atoms with van der Waals surface area (Å²) < 4.78 is 40.9. The van der Waals surface area contributed by atoms with E-state index in [4.69, 9.17) is 0 Å². The predicted octanol–water partition coefficient (Wildman–Crippen LogP) is 1.56. The number of rotatable bonds is 3. The van der Waals surface area contributed by atoms with E-state index >= 15 is 0 Å². The van der Waals surface area contributed by atoms with Gasteiger partial charge in [-0.05, 0) is 23.8 Å². The second-order valence-corrected chi connectivity index (χ2v) is 6.91. The van der Waals surface area contributed by atoms with Gasteiger partial charge in [-0.15, -0.1) is 0 Å². The summed E-state index contributed by atoms with van der Waals surface area (Å²) in [6.45, 7) is 1.29. The van der Waals surface area contributed by atoms with Crippen LogP contribution in [0.2, 0.25) is 0 Å². The second kappa shape index (κ2) is 6.12. The number of pyridine rings is 1. The van der Waals surface area contributed by atoms with Gasteiger partial charge in [0.1, 0.15) is 10.7 Å². The minimum Gasteiger partial charge on any atom is -0.313 e. The third kappa shape index (κ3) is 2.75. The average Bonchev–Trinajstić information content (AvgIpc) is 2.56. The van der Waals surface area contributed by atoms with Gasteiger partial charge in [0.05, 0.1) is 6.04 Å². The Morgan fingerprint density at radius 2 is 2.05 bits per heavy atom. The number of nitrogens with zero attached hydrogens (tertiary/aromatic N) is 2. The fraction of sp³-hybridized carbons (Fsp3) is 0.267. The van der Waals surface area contributed by atoms with Gasteiger partial charge in [0, 0.05) is 32.0 Å². The van der Waals surface area contributed by atoms with E-state index in [1.165, 1.54) is 22.5 Å². The first-order valence-electron chi connectivity index (χ1n) is 6.98. The van der Waals surface area contributed by atoms with E-state index in [1.54, 1.807) is 18.5 Å². The molecule has 1 aromatic carbocycles. The number of piperazine rings is 1. The second-order valence-electron chi connectivity index (χ2n) is 5.05.